The highest BCUT2D eigenvalue weighted by Gasteiger charge is 2.44. The molecule has 5 atom stereocenters. The summed E-state index contributed by atoms with van der Waals surface area (Å²) in [5, 5.41) is 49.9. The zero-order valence-corrected chi connectivity index (χ0v) is 18.9. The number of aliphatic hydroxyl groups is 5. The maximum Gasteiger partial charge on any atom is 0.132 e. The van der Waals surface area contributed by atoms with E-state index in [0.29, 0.717) is 12.0 Å². The van der Waals surface area contributed by atoms with E-state index in [2.05, 4.69) is 0 Å². The molecule has 5 N–H and O–H groups in total. The van der Waals surface area contributed by atoms with Crippen LogP contribution in [-0.2, 0) is 11.2 Å². The molecular formula is C26H34O7. The van der Waals surface area contributed by atoms with Crippen molar-refractivity contribution in [2.75, 3.05) is 13.2 Å². The largest absolute Gasteiger partial charge is 0.485 e. The van der Waals surface area contributed by atoms with Crippen LogP contribution in [0.15, 0.2) is 42.5 Å². The molecule has 0 unspecified atom stereocenters. The second-order valence-corrected chi connectivity index (χ2v) is 9.41. The molecule has 1 heterocycles. The fraction of sp³-hybridized carbons (Fsp3) is 0.538. The molecule has 0 spiro atoms. The molecule has 0 radical (unpaired) electrons. The number of benzene rings is 2. The fourth-order valence-corrected chi connectivity index (χ4v) is 4.89. The number of aryl methyl sites for hydroxylation is 1. The van der Waals surface area contributed by atoms with Gasteiger partial charge in [0.2, 0.25) is 0 Å². The Morgan fingerprint density at radius 3 is 2.27 bits per heavy atom. The van der Waals surface area contributed by atoms with Gasteiger partial charge in [-0.1, -0.05) is 30.3 Å². The molecule has 1 saturated carbocycles. The molecule has 33 heavy (non-hydrogen) atoms. The molecule has 1 saturated heterocycles. The second kappa shape index (κ2) is 10.1. The van der Waals surface area contributed by atoms with Crippen molar-refractivity contribution in [3.05, 3.63) is 64.7 Å². The van der Waals surface area contributed by atoms with E-state index in [1.165, 1.54) is 0 Å². The summed E-state index contributed by atoms with van der Waals surface area (Å²) in [6.45, 7) is 1.58. The summed E-state index contributed by atoms with van der Waals surface area (Å²) in [5.41, 5.74) is 3.42. The Morgan fingerprint density at radius 1 is 0.939 bits per heavy atom. The summed E-state index contributed by atoms with van der Waals surface area (Å²) >= 11 is 0. The standard InChI is InChI=1S/C26H34O7/c1-16-4-7-18(25-24(31)23(30)22(29)21(14-27)32-25)13-19(16)12-17-5-8-20(9-6-17)33-26(15-28)10-2-3-11-26/h4-9,13,21-25,27-31H,2-3,10-12,14-15H2,1H3/t21-,22-,23+,24-,25+/m1/s1. The Hall–Kier alpha value is -2.00. The van der Waals surface area contributed by atoms with E-state index in [1.54, 1.807) is 0 Å². The zero-order chi connectivity index (χ0) is 23.6. The van der Waals surface area contributed by atoms with E-state index < -0.39 is 42.7 Å². The first kappa shape index (κ1) is 24.1. The van der Waals surface area contributed by atoms with Crippen LogP contribution in [0.4, 0.5) is 0 Å². The van der Waals surface area contributed by atoms with Crippen molar-refractivity contribution < 1.29 is 35.0 Å². The topological polar surface area (TPSA) is 120 Å². The summed E-state index contributed by atoms with van der Waals surface area (Å²) in [7, 11) is 0. The van der Waals surface area contributed by atoms with Gasteiger partial charge in [0.05, 0.1) is 13.2 Å². The van der Waals surface area contributed by atoms with Gasteiger partial charge in [-0.25, -0.2) is 0 Å². The monoisotopic (exact) mass is 458 g/mol. The molecule has 2 aliphatic rings. The van der Waals surface area contributed by atoms with Crippen LogP contribution in [0.5, 0.6) is 5.75 Å². The maximum atomic E-state index is 10.5. The van der Waals surface area contributed by atoms with E-state index in [9.17, 15) is 25.5 Å². The number of ether oxygens (including phenoxy) is 2. The van der Waals surface area contributed by atoms with Gasteiger partial charge in [-0.2, -0.15) is 0 Å². The minimum absolute atomic E-state index is 0.0265. The van der Waals surface area contributed by atoms with E-state index in [0.717, 1.165) is 48.1 Å². The highest BCUT2D eigenvalue weighted by atomic mass is 16.5. The lowest BCUT2D eigenvalue weighted by Crippen LogP contribution is -2.55. The van der Waals surface area contributed by atoms with Crippen molar-refractivity contribution in [2.24, 2.45) is 0 Å². The van der Waals surface area contributed by atoms with Gasteiger partial charge in [0.25, 0.3) is 0 Å². The molecule has 1 aliphatic heterocycles. The van der Waals surface area contributed by atoms with E-state index in [-0.39, 0.29) is 6.61 Å². The number of hydrogen-bond donors (Lipinski definition) is 5. The lowest BCUT2D eigenvalue weighted by Gasteiger charge is -2.40. The average molecular weight is 459 g/mol. The third kappa shape index (κ3) is 5.09. The molecule has 1 aliphatic carbocycles. The number of hydrogen-bond acceptors (Lipinski definition) is 7. The van der Waals surface area contributed by atoms with E-state index in [4.69, 9.17) is 9.47 Å². The molecule has 0 aromatic heterocycles. The highest BCUT2D eigenvalue weighted by molar-refractivity contribution is 5.38. The van der Waals surface area contributed by atoms with Crippen LogP contribution in [0.2, 0.25) is 0 Å². The quantitative estimate of drug-likeness (QED) is 0.429. The van der Waals surface area contributed by atoms with Crippen molar-refractivity contribution in [1.29, 1.82) is 0 Å². The summed E-state index contributed by atoms with van der Waals surface area (Å²) in [6.07, 6.45) is -1.33. The molecule has 0 amide bonds. The first-order valence-corrected chi connectivity index (χ1v) is 11.6. The minimum atomic E-state index is -1.40. The molecule has 180 valence electrons. The van der Waals surface area contributed by atoms with Gasteiger partial charge < -0.3 is 35.0 Å². The second-order valence-electron chi connectivity index (χ2n) is 9.41. The molecule has 2 aromatic rings. The van der Waals surface area contributed by atoms with Crippen LogP contribution in [0.3, 0.4) is 0 Å². The van der Waals surface area contributed by atoms with E-state index >= 15 is 0 Å². The van der Waals surface area contributed by atoms with Gasteiger partial charge in [0, 0.05) is 0 Å². The van der Waals surface area contributed by atoms with Gasteiger partial charge in [0.15, 0.2) is 0 Å². The van der Waals surface area contributed by atoms with Gasteiger partial charge in [-0.05, 0) is 73.4 Å². The third-order valence-corrected chi connectivity index (χ3v) is 7.05. The van der Waals surface area contributed by atoms with Crippen molar-refractivity contribution in [2.45, 2.75) is 75.1 Å². The van der Waals surface area contributed by atoms with Crippen molar-refractivity contribution in [3.8, 4) is 5.75 Å². The van der Waals surface area contributed by atoms with Crippen LogP contribution >= 0.6 is 0 Å². The third-order valence-electron chi connectivity index (χ3n) is 7.05. The Balaban J connectivity index is 1.49. The first-order chi connectivity index (χ1) is 15.9. The normalized spacial score (nSPS) is 29.2. The predicted octanol–water partition coefficient (Wildman–Crippen LogP) is 1.78. The van der Waals surface area contributed by atoms with Crippen LogP contribution in [0, 0.1) is 6.92 Å². The van der Waals surface area contributed by atoms with Gasteiger partial charge in [-0.3, -0.25) is 0 Å². The Labute approximate surface area is 194 Å². The smallest absolute Gasteiger partial charge is 0.132 e. The van der Waals surface area contributed by atoms with Crippen LogP contribution in [0.25, 0.3) is 0 Å². The molecule has 0 bridgehead atoms. The van der Waals surface area contributed by atoms with Crippen LogP contribution in [0.1, 0.15) is 54.0 Å². The number of aliphatic hydroxyl groups excluding tert-OH is 5. The molecule has 2 aromatic carbocycles. The average Bonchev–Trinajstić information content (AvgIpc) is 3.29. The van der Waals surface area contributed by atoms with Crippen molar-refractivity contribution in [3.63, 3.8) is 0 Å². The highest BCUT2D eigenvalue weighted by Crippen LogP contribution is 2.35. The lowest BCUT2D eigenvalue weighted by molar-refractivity contribution is -0.231. The summed E-state index contributed by atoms with van der Waals surface area (Å²) in [4.78, 5) is 0. The van der Waals surface area contributed by atoms with E-state index in [1.807, 2.05) is 49.4 Å². The predicted molar refractivity (Wildman–Crippen MR) is 122 cm³/mol. The SMILES string of the molecule is Cc1ccc([C@@H]2O[C@H](CO)[C@@H](O)[C@H](O)[C@H]2O)cc1Cc1ccc(OC2(CO)CCCC2)cc1. The summed E-state index contributed by atoms with van der Waals surface area (Å²) in [5.74, 6) is 0.751. The summed E-state index contributed by atoms with van der Waals surface area (Å²) in [6, 6.07) is 13.6. The first-order valence-electron chi connectivity index (χ1n) is 11.6. The van der Waals surface area contributed by atoms with Crippen LogP contribution < -0.4 is 4.74 Å². The van der Waals surface area contributed by atoms with Gasteiger partial charge >= 0.3 is 0 Å². The fourth-order valence-electron chi connectivity index (χ4n) is 4.89. The van der Waals surface area contributed by atoms with Gasteiger partial charge in [0.1, 0.15) is 41.9 Å². The maximum absolute atomic E-state index is 10.5. The Kier molecular flexibility index (Phi) is 7.38. The lowest BCUT2D eigenvalue weighted by atomic mass is 9.89. The Morgan fingerprint density at radius 2 is 1.64 bits per heavy atom. The molecule has 7 heteroatoms. The van der Waals surface area contributed by atoms with Crippen molar-refractivity contribution in [1.82, 2.24) is 0 Å². The summed E-state index contributed by atoms with van der Waals surface area (Å²) < 4.78 is 11.8. The molecule has 7 nitrogen and oxygen atoms in total. The number of rotatable bonds is 7. The van der Waals surface area contributed by atoms with Crippen LogP contribution in [-0.4, -0.2) is 68.8 Å². The molecule has 2 fully saturated rings. The zero-order valence-electron chi connectivity index (χ0n) is 18.9. The van der Waals surface area contributed by atoms with Gasteiger partial charge in [-0.15, -0.1) is 0 Å². The Bertz CT molecular complexity index is 921. The molecule has 4 rings (SSSR count). The van der Waals surface area contributed by atoms with Crippen molar-refractivity contribution >= 4 is 0 Å². The minimum Gasteiger partial charge on any atom is -0.485 e. The molecular weight excluding hydrogens is 424 g/mol.